The molecule has 2 rings (SSSR count). The summed E-state index contributed by atoms with van der Waals surface area (Å²) >= 11 is 0. The van der Waals surface area contributed by atoms with E-state index in [1.54, 1.807) is 12.3 Å². The van der Waals surface area contributed by atoms with Gasteiger partial charge >= 0.3 is 0 Å². The smallest absolute Gasteiger partial charge is 0.274 e. The van der Waals surface area contributed by atoms with Crippen LogP contribution in [0.15, 0.2) is 30.5 Å². The molecular weight excluding hydrogens is 324 g/mol. The Kier molecular flexibility index (Phi) is 6.01. The number of nitrogens with one attached hydrogen (secondary N) is 2. The van der Waals surface area contributed by atoms with Gasteiger partial charge in [0.25, 0.3) is 5.91 Å². The fourth-order valence-electron chi connectivity index (χ4n) is 2.75. The van der Waals surface area contributed by atoms with E-state index in [-0.39, 0.29) is 11.4 Å². The highest BCUT2D eigenvalue weighted by Crippen LogP contribution is 2.32. The average Bonchev–Trinajstić information content (AvgIpc) is 2.53. The SMILES string of the molecule is CC(C)c1cccc(C(C)C)c1NC(=O)c1ccnc(NC(C)(C)C)n1. The molecule has 26 heavy (non-hydrogen) atoms. The fourth-order valence-corrected chi connectivity index (χ4v) is 2.75. The van der Waals surface area contributed by atoms with Gasteiger partial charge in [-0.3, -0.25) is 4.79 Å². The maximum absolute atomic E-state index is 12.9. The van der Waals surface area contributed by atoms with Gasteiger partial charge in [-0.15, -0.1) is 0 Å². The number of nitrogens with zero attached hydrogens (tertiary/aromatic N) is 2. The second-order valence-corrected chi connectivity index (χ2v) is 8.22. The molecule has 0 saturated carbocycles. The van der Waals surface area contributed by atoms with Gasteiger partial charge in [-0.05, 0) is 49.8 Å². The molecule has 0 radical (unpaired) electrons. The van der Waals surface area contributed by atoms with Crippen LogP contribution in [-0.2, 0) is 0 Å². The fraction of sp³-hybridized carbons (Fsp3) is 0.476. The highest BCUT2D eigenvalue weighted by Gasteiger charge is 2.18. The first-order valence-electron chi connectivity index (χ1n) is 9.14. The van der Waals surface area contributed by atoms with Crippen LogP contribution in [0.25, 0.3) is 0 Å². The van der Waals surface area contributed by atoms with Gasteiger partial charge < -0.3 is 10.6 Å². The lowest BCUT2D eigenvalue weighted by atomic mass is 9.92. The van der Waals surface area contributed by atoms with E-state index in [2.05, 4.69) is 66.5 Å². The molecule has 0 unspecified atom stereocenters. The molecule has 0 aliphatic rings. The molecule has 0 saturated heterocycles. The number of rotatable bonds is 5. The third-order valence-electron chi connectivity index (χ3n) is 3.99. The van der Waals surface area contributed by atoms with E-state index in [0.29, 0.717) is 23.5 Å². The van der Waals surface area contributed by atoms with Crippen LogP contribution >= 0.6 is 0 Å². The number of carbonyl (C=O) groups excluding carboxylic acids is 1. The van der Waals surface area contributed by atoms with Crippen LogP contribution < -0.4 is 10.6 Å². The molecule has 0 fully saturated rings. The Balaban J connectivity index is 2.35. The quantitative estimate of drug-likeness (QED) is 0.776. The first-order valence-corrected chi connectivity index (χ1v) is 9.14. The molecule has 1 heterocycles. The minimum absolute atomic E-state index is 0.176. The van der Waals surface area contributed by atoms with Gasteiger partial charge in [0.05, 0.1) is 0 Å². The van der Waals surface area contributed by atoms with Crippen molar-refractivity contribution < 1.29 is 4.79 Å². The van der Waals surface area contributed by atoms with E-state index in [1.165, 1.54) is 0 Å². The molecule has 2 aromatic rings. The van der Waals surface area contributed by atoms with Gasteiger partial charge in [0.1, 0.15) is 5.69 Å². The van der Waals surface area contributed by atoms with Gasteiger partial charge in [-0.25, -0.2) is 9.97 Å². The van der Waals surface area contributed by atoms with Crippen molar-refractivity contribution >= 4 is 17.5 Å². The molecule has 0 bridgehead atoms. The van der Waals surface area contributed by atoms with Crippen LogP contribution in [0.4, 0.5) is 11.6 Å². The van der Waals surface area contributed by atoms with Crippen molar-refractivity contribution in [3.63, 3.8) is 0 Å². The molecule has 1 amide bonds. The molecule has 1 aromatic heterocycles. The van der Waals surface area contributed by atoms with Crippen molar-refractivity contribution in [2.24, 2.45) is 0 Å². The molecule has 0 atom stereocenters. The summed E-state index contributed by atoms with van der Waals surface area (Å²) in [5, 5.41) is 6.29. The second kappa shape index (κ2) is 7.85. The van der Waals surface area contributed by atoms with Crippen LogP contribution in [0.1, 0.15) is 81.9 Å². The highest BCUT2D eigenvalue weighted by molar-refractivity contribution is 6.04. The predicted octanol–water partition coefficient (Wildman–Crippen LogP) is 5.19. The monoisotopic (exact) mass is 354 g/mol. The first kappa shape index (κ1) is 19.9. The van der Waals surface area contributed by atoms with E-state index < -0.39 is 0 Å². The van der Waals surface area contributed by atoms with Crippen LogP contribution in [0.5, 0.6) is 0 Å². The Morgan fingerprint density at radius 3 is 2.08 bits per heavy atom. The number of benzene rings is 1. The third kappa shape index (κ3) is 5.04. The van der Waals surface area contributed by atoms with Crippen molar-refractivity contribution in [2.45, 2.75) is 65.8 Å². The molecular formula is C21H30N4O. The van der Waals surface area contributed by atoms with Gasteiger partial charge in [-0.1, -0.05) is 45.9 Å². The van der Waals surface area contributed by atoms with Crippen molar-refractivity contribution in [3.05, 3.63) is 47.3 Å². The minimum atomic E-state index is -0.223. The molecule has 2 N–H and O–H groups in total. The van der Waals surface area contributed by atoms with E-state index >= 15 is 0 Å². The number of hydrogen-bond acceptors (Lipinski definition) is 4. The van der Waals surface area contributed by atoms with Crippen LogP contribution in [0.3, 0.4) is 0 Å². The van der Waals surface area contributed by atoms with Gasteiger partial charge in [0, 0.05) is 17.4 Å². The molecule has 0 spiro atoms. The maximum Gasteiger partial charge on any atom is 0.274 e. The van der Waals surface area contributed by atoms with E-state index in [0.717, 1.165) is 16.8 Å². The summed E-state index contributed by atoms with van der Waals surface area (Å²) in [6, 6.07) is 7.82. The van der Waals surface area contributed by atoms with Gasteiger partial charge in [0.2, 0.25) is 5.95 Å². The number of carbonyl (C=O) groups is 1. The number of hydrogen-bond donors (Lipinski definition) is 2. The molecule has 5 nitrogen and oxygen atoms in total. The van der Waals surface area contributed by atoms with Crippen LogP contribution in [0, 0.1) is 0 Å². The Morgan fingerprint density at radius 1 is 1.00 bits per heavy atom. The lowest BCUT2D eigenvalue weighted by molar-refractivity contribution is 0.102. The summed E-state index contributed by atoms with van der Waals surface area (Å²) < 4.78 is 0. The molecule has 140 valence electrons. The summed E-state index contributed by atoms with van der Waals surface area (Å²) in [4.78, 5) is 21.4. The molecule has 5 heteroatoms. The van der Waals surface area contributed by atoms with E-state index in [1.807, 2.05) is 20.8 Å². The van der Waals surface area contributed by atoms with Crippen molar-refractivity contribution in [1.29, 1.82) is 0 Å². The third-order valence-corrected chi connectivity index (χ3v) is 3.99. The number of para-hydroxylation sites is 1. The summed E-state index contributed by atoms with van der Waals surface area (Å²) in [6.45, 7) is 14.6. The second-order valence-electron chi connectivity index (χ2n) is 8.22. The lowest BCUT2D eigenvalue weighted by Crippen LogP contribution is -2.28. The van der Waals surface area contributed by atoms with Gasteiger partial charge in [-0.2, -0.15) is 0 Å². The standard InChI is InChI=1S/C21H30N4O/c1-13(2)15-9-8-10-16(14(3)4)18(15)24-19(26)17-11-12-22-20(23-17)25-21(5,6)7/h8-14H,1-7H3,(H,24,26)(H,22,23,25). The molecule has 0 aliphatic carbocycles. The summed E-state index contributed by atoms with van der Waals surface area (Å²) in [7, 11) is 0. The van der Waals surface area contributed by atoms with Crippen molar-refractivity contribution in [1.82, 2.24) is 9.97 Å². The largest absolute Gasteiger partial charge is 0.350 e. The normalized spacial score (nSPS) is 11.7. The zero-order valence-electron chi connectivity index (χ0n) is 16.8. The summed E-state index contributed by atoms with van der Waals surface area (Å²) in [6.07, 6.45) is 1.60. The lowest BCUT2D eigenvalue weighted by Gasteiger charge is -2.21. The topological polar surface area (TPSA) is 66.9 Å². The summed E-state index contributed by atoms with van der Waals surface area (Å²) in [5.74, 6) is 0.853. The zero-order valence-corrected chi connectivity index (χ0v) is 16.8. The Morgan fingerprint density at radius 2 is 1.58 bits per heavy atom. The Hall–Kier alpha value is -2.43. The number of amides is 1. The minimum Gasteiger partial charge on any atom is -0.350 e. The number of anilines is 2. The van der Waals surface area contributed by atoms with Crippen LogP contribution in [-0.4, -0.2) is 21.4 Å². The average molecular weight is 354 g/mol. The van der Waals surface area contributed by atoms with E-state index in [9.17, 15) is 4.79 Å². The van der Waals surface area contributed by atoms with Crippen LogP contribution in [0.2, 0.25) is 0 Å². The van der Waals surface area contributed by atoms with Crippen molar-refractivity contribution in [3.8, 4) is 0 Å². The van der Waals surface area contributed by atoms with Crippen molar-refractivity contribution in [2.75, 3.05) is 10.6 Å². The van der Waals surface area contributed by atoms with E-state index in [4.69, 9.17) is 0 Å². The Labute approximate surface area is 156 Å². The maximum atomic E-state index is 12.9. The first-order chi connectivity index (χ1) is 12.1. The zero-order chi connectivity index (χ0) is 19.5. The van der Waals surface area contributed by atoms with Gasteiger partial charge in [0.15, 0.2) is 0 Å². The molecule has 0 aliphatic heterocycles. The predicted molar refractivity (Wildman–Crippen MR) is 108 cm³/mol. The highest BCUT2D eigenvalue weighted by atomic mass is 16.1. The molecule has 1 aromatic carbocycles. The summed E-state index contributed by atoms with van der Waals surface area (Å²) in [5.41, 5.74) is 3.33. The number of aromatic nitrogens is 2. The Bertz CT molecular complexity index is 750.